The predicted octanol–water partition coefficient (Wildman–Crippen LogP) is 7.59. The van der Waals surface area contributed by atoms with Gasteiger partial charge in [-0.3, -0.25) is 9.36 Å². The van der Waals surface area contributed by atoms with Crippen molar-refractivity contribution in [2.45, 2.75) is 142 Å². The van der Waals surface area contributed by atoms with Gasteiger partial charge in [0.05, 0.1) is 41.0 Å². The third-order valence-electron chi connectivity index (χ3n) is 7.31. The molecule has 0 heterocycles. The lowest BCUT2D eigenvalue weighted by molar-refractivity contribution is -0.870. The highest BCUT2D eigenvalue weighted by Crippen LogP contribution is 2.38. The van der Waals surface area contributed by atoms with Crippen molar-refractivity contribution >= 4 is 13.8 Å². The summed E-state index contributed by atoms with van der Waals surface area (Å²) in [5.41, 5.74) is 0. The SMILES string of the molecule is CCCCCCCCCCCCCCCCOC[C@H](COP(=O)([O-])OCC[N+](C)(C)C)OCCCCCCC(=O)OCC. The fourth-order valence-corrected chi connectivity index (χ4v) is 5.33. The number of carbonyl (C=O) groups excluding carboxylic acids is 1. The molecule has 2 atom stereocenters. The number of hydrogen-bond acceptors (Lipinski definition) is 8. The fourth-order valence-electron chi connectivity index (χ4n) is 4.60. The largest absolute Gasteiger partial charge is 0.756 e. The number of unbranched alkanes of at least 4 members (excludes halogenated alkanes) is 16. The molecule has 0 fully saturated rings. The number of carbonyl (C=O) groups is 1. The van der Waals surface area contributed by atoms with Crippen LogP contribution in [0, 0.1) is 0 Å². The molecule has 258 valence electrons. The molecule has 0 aromatic heterocycles. The molecule has 1 unspecified atom stereocenters. The van der Waals surface area contributed by atoms with Crippen molar-refractivity contribution in [3.63, 3.8) is 0 Å². The van der Waals surface area contributed by atoms with Gasteiger partial charge in [0.2, 0.25) is 0 Å². The Hall–Kier alpha value is -0.540. The maximum Gasteiger partial charge on any atom is 0.305 e. The van der Waals surface area contributed by atoms with E-state index in [-0.39, 0.29) is 25.8 Å². The number of ether oxygens (including phenoxy) is 3. The molecule has 0 spiro atoms. The molecule has 9 nitrogen and oxygen atoms in total. The molecule has 0 rings (SSSR count). The monoisotopic (exact) mass is 637 g/mol. The van der Waals surface area contributed by atoms with E-state index < -0.39 is 13.9 Å². The van der Waals surface area contributed by atoms with Gasteiger partial charge in [-0.05, 0) is 26.2 Å². The van der Waals surface area contributed by atoms with E-state index >= 15 is 0 Å². The zero-order valence-corrected chi connectivity index (χ0v) is 29.5. The van der Waals surface area contributed by atoms with Gasteiger partial charge in [-0.1, -0.05) is 103 Å². The van der Waals surface area contributed by atoms with Crippen molar-refractivity contribution in [3.8, 4) is 0 Å². The lowest BCUT2D eigenvalue weighted by Gasteiger charge is -2.28. The molecule has 0 aliphatic heterocycles. The second kappa shape index (κ2) is 28.9. The number of esters is 1. The van der Waals surface area contributed by atoms with Gasteiger partial charge in [0.15, 0.2) is 0 Å². The molecule has 0 saturated heterocycles. The first-order valence-electron chi connectivity index (χ1n) is 17.3. The van der Waals surface area contributed by atoms with Crippen molar-refractivity contribution in [3.05, 3.63) is 0 Å². The third-order valence-corrected chi connectivity index (χ3v) is 8.27. The first-order chi connectivity index (χ1) is 20.6. The third kappa shape index (κ3) is 32.7. The normalized spacial score (nSPS) is 14.1. The van der Waals surface area contributed by atoms with Crippen LogP contribution in [0.5, 0.6) is 0 Å². The molecule has 0 radical (unpaired) electrons. The molecule has 0 aliphatic carbocycles. The molecule has 0 bridgehead atoms. The van der Waals surface area contributed by atoms with E-state index in [2.05, 4.69) is 6.92 Å². The van der Waals surface area contributed by atoms with Crippen LogP contribution in [0.15, 0.2) is 0 Å². The summed E-state index contributed by atoms with van der Waals surface area (Å²) in [6.45, 7) is 6.35. The fraction of sp³-hybridized carbons (Fsp3) is 0.970. The zero-order chi connectivity index (χ0) is 32.1. The minimum Gasteiger partial charge on any atom is -0.756 e. The Morgan fingerprint density at radius 1 is 0.674 bits per heavy atom. The van der Waals surface area contributed by atoms with Gasteiger partial charge in [-0.15, -0.1) is 0 Å². The Balaban J connectivity index is 4.14. The highest BCUT2D eigenvalue weighted by Gasteiger charge is 2.18. The summed E-state index contributed by atoms with van der Waals surface area (Å²) >= 11 is 0. The molecule has 0 aliphatic rings. The Morgan fingerprint density at radius 2 is 1.19 bits per heavy atom. The van der Waals surface area contributed by atoms with Gasteiger partial charge in [-0.25, -0.2) is 0 Å². The number of nitrogens with zero attached hydrogens (tertiary/aromatic N) is 1. The summed E-state index contributed by atoms with van der Waals surface area (Å²) in [7, 11) is 1.49. The molecular weight excluding hydrogens is 569 g/mol. The van der Waals surface area contributed by atoms with Crippen molar-refractivity contribution in [1.29, 1.82) is 0 Å². The second-order valence-corrected chi connectivity index (χ2v) is 14.1. The van der Waals surface area contributed by atoms with E-state index in [1.165, 1.54) is 77.0 Å². The van der Waals surface area contributed by atoms with Crippen LogP contribution in [-0.4, -0.2) is 83.9 Å². The van der Waals surface area contributed by atoms with Crippen molar-refractivity contribution in [1.82, 2.24) is 0 Å². The van der Waals surface area contributed by atoms with E-state index in [0.29, 0.717) is 37.3 Å². The number of likely N-dealkylation sites (N-methyl/N-ethyl adjacent to an activating group) is 1. The lowest BCUT2D eigenvalue weighted by Crippen LogP contribution is -2.37. The molecule has 0 aromatic rings. The highest BCUT2D eigenvalue weighted by atomic mass is 31.2. The lowest BCUT2D eigenvalue weighted by atomic mass is 10.0. The Bertz CT molecular complexity index is 674. The van der Waals surface area contributed by atoms with E-state index in [4.69, 9.17) is 23.3 Å². The van der Waals surface area contributed by atoms with Crippen LogP contribution < -0.4 is 4.89 Å². The topological polar surface area (TPSA) is 103 Å². The van der Waals surface area contributed by atoms with Crippen LogP contribution in [-0.2, 0) is 32.6 Å². The van der Waals surface area contributed by atoms with Crippen LogP contribution in [0.2, 0.25) is 0 Å². The quantitative estimate of drug-likeness (QED) is 0.0314. The van der Waals surface area contributed by atoms with Gasteiger partial charge in [-0.2, -0.15) is 0 Å². The number of phosphoric ester groups is 1. The minimum atomic E-state index is -4.42. The minimum absolute atomic E-state index is 0.0667. The second-order valence-electron chi connectivity index (χ2n) is 12.7. The van der Waals surface area contributed by atoms with Crippen LogP contribution in [0.25, 0.3) is 0 Å². The molecule has 43 heavy (non-hydrogen) atoms. The summed E-state index contributed by atoms with van der Waals surface area (Å²) < 4.78 is 39.7. The smallest absolute Gasteiger partial charge is 0.305 e. The maximum absolute atomic E-state index is 12.2. The van der Waals surface area contributed by atoms with Crippen LogP contribution >= 0.6 is 7.82 Å². The van der Waals surface area contributed by atoms with Crippen LogP contribution in [0.4, 0.5) is 0 Å². The molecule has 0 saturated carbocycles. The standard InChI is InChI=1S/C33H68NO8P/c1-6-8-9-10-11-12-13-14-15-16-17-18-20-23-27-38-30-32(31-42-43(36,37)41-29-26-34(3,4)5)40-28-24-21-19-22-25-33(35)39-7-2/h32H,6-31H2,1-5H3/t32-/m1/s1. The Kier molecular flexibility index (Phi) is 28.5. The van der Waals surface area contributed by atoms with Gasteiger partial charge >= 0.3 is 5.97 Å². The number of phosphoric acid groups is 1. The molecule has 10 heteroatoms. The summed E-state index contributed by atoms with van der Waals surface area (Å²) in [6.07, 6.45) is 21.7. The van der Waals surface area contributed by atoms with E-state index in [9.17, 15) is 14.3 Å². The van der Waals surface area contributed by atoms with E-state index in [1.54, 1.807) is 0 Å². The summed E-state index contributed by atoms with van der Waals surface area (Å²) in [5.74, 6) is -0.155. The van der Waals surface area contributed by atoms with Gasteiger partial charge in [0, 0.05) is 19.6 Å². The highest BCUT2D eigenvalue weighted by molar-refractivity contribution is 7.45. The summed E-state index contributed by atoms with van der Waals surface area (Å²) in [6, 6.07) is 0. The zero-order valence-electron chi connectivity index (χ0n) is 28.6. The Morgan fingerprint density at radius 3 is 1.72 bits per heavy atom. The molecular formula is C33H68NO8P. The van der Waals surface area contributed by atoms with Gasteiger partial charge in [0.25, 0.3) is 7.82 Å². The van der Waals surface area contributed by atoms with E-state index in [1.807, 2.05) is 28.1 Å². The maximum atomic E-state index is 12.2. The van der Waals surface area contributed by atoms with Crippen molar-refractivity contribution < 1.29 is 42.0 Å². The van der Waals surface area contributed by atoms with Gasteiger partial charge in [0.1, 0.15) is 19.3 Å². The van der Waals surface area contributed by atoms with Crippen LogP contribution in [0.3, 0.4) is 0 Å². The average molecular weight is 638 g/mol. The predicted molar refractivity (Wildman–Crippen MR) is 173 cm³/mol. The van der Waals surface area contributed by atoms with E-state index in [0.717, 1.165) is 38.5 Å². The molecule has 0 aromatic carbocycles. The molecule has 0 amide bonds. The molecule has 0 N–H and O–H groups in total. The van der Waals surface area contributed by atoms with Crippen molar-refractivity contribution in [2.75, 3.05) is 67.3 Å². The summed E-state index contributed by atoms with van der Waals surface area (Å²) in [5, 5.41) is 0. The van der Waals surface area contributed by atoms with Crippen molar-refractivity contribution in [2.24, 2.45) is 0 Å². The summed E-state index contributed by atoms with van der Waals surface area (Å²) in [4.78, 5) is 23.7. The number of hydrogen-bond donors (Lipinski definition) is 0. The number of rotatable bonds is 33. The first kappa shape index (κ1) is 42.5. The average Bonchev–Trinajstić information content (AvgIpc) is 2.94. The number of quaternary nitrogens is 1. The van der Waals surface area contributed by atoms with Crippen LogP contribution in [0.1, 0.15) is 136 Å². The first-order valence-corrected chi connectivity index (χ1v) is 18.8. The Labute approximate surface area is 264 Å². The van der Waals surface area contributed by atoms with Gasteiger partial charge < -0.3 is 32.6 Å².